The number of quaternary nitrogens is 1. The third kappa shape index (κ3) is 73.7. The molecule has 0 radical (unpaired) electrons. The second-order valence-corrected chi connectivity index (χ2v) is 27.3. The van der Waals surface area contributed by atoms with E-state index in [-0.39, 0.29) is 32.2 Å². The Morgan fingerprint density at radius 2 is 0.626 bits per heavy atom. The molecular weight excluding hydrogens is 1130 g/mol. The SMILES string of the molecule is CC/C=C\C/C=C\C/C=C\C/C=C\C/C=C\CCCCCCCCCCCC(=O)OC(COC(=O)CCCCCCCCCCCCCCCCCCCCCCCCCCCCCCC/C=C\C/C=C\CCCCCCC)COC(OCC[N+](C)(C)C)C(=O)O. The van der Waals surface area contributed by atoms with Crippen LogP contribution in [0.25, 0.3) is 0 Å². The van der Waals surface area contributed by atoms with Gasteiger partial charge in [-0.25, -0.2) is 4.79 Å². The highest BCUT2D eigenvalue weighted by molar-refractivity contribution is 5.71. The summed E-state index contributed by atoms with van der Waals surface area (Å²) in [6.07, 6.45) is 96.0. The van der Waals surface area contributed by atoms with E-state index < -0.39 is 24.3 Å². The van der Waals surface area contributed by atoms with Crippen LogP contribution >= 0.6 is 0 Å². The highest BCUT2D eigenvalue weighted by Crippen LogP contribution is 2.19. The second kappa shape index (κ2) is 72.3. The van der Waals surface area contributed by atoms with Crippen molar-refractivity contribution in [1.29, 1.82) is 0 Å². The molecule has 0 aliphatic heterocycles. The molecule has 0 saturated heterocycles. The highest BCUT2D eigenvalue weighted by atomic mass is 16.7. The molecule has 0 spiro atoms. The number of carbonyl (C=O) groups excluding carboxylic acids is 2. The summed E-state index contributed by atoms with van der Waals surface area (Å²) in [6, 6.07) is 0. The first-order valence-electron chi connectivity index (χ1n) is 38.8. The van der Waals surface area contributed by atoms with Crippen LogP contribution in [0.2, 0.25) is 0 Å². The summed E-state index contributed by atoms with van der Waals surface area (Å²) >= 11 is 0. The molecule has 9 nitrogen and oxygen atoms in total. The molecule has 0 aromatic carbocycles. The maximum atomic E-state index is 13.0. The second-order valence-electron chi connectivity index (χ2n) is 27.3. The number of aliphatic carboxylic acids is 1. The summed E-state index contributed by atoms with van der Waals surface area (Å²) in [7, 11) is 5.98. The number of carbonyl (C=O) groups is 3. The van der Waals surface area contributed by atoms with Crippen molar-refractivity contribution >= 4 is 17.9 Å². The molecule has 91 heavy (non-hydrogen) atoms. The lowest BCUT2D eigenvalue weighted by Crippen LogP contribution is -2.40. The van der Waals surface area contributed by atoms with Crippen molar-refractivity contribution in [3.63, 3.8) is 0 Å². The summed E-state index contributed by atoms with van der Waals surface area (Å²) in [5.41, 5.74) is 0. The number of carboxylic acids is 1. The minimum atomic E-state index is -1.52. The maximum absolute atomic E-state index is 13.0. The van der Waals surface area contributed by atoms with Crippen molar-refractivity contribution in [3.05, 3.63) is 85.1 Å². The van der Waals surface area contributed by atoms with Crippen LogP contribution in [-0.2, 0) is 33.3 Å². The summed E-state index contributed by atoms with van der Waals surface area (Å²) in [5.74, 6) is -2.00. The fourth-order valence-corrected chi connectivity index (χ4v) is 11.3. The fourth-order valence-electron chi connectivity index (χ4n) is 11.3. The first-order chi connectivity index (χ1) is 44.6. The van der Waals surface area contributed by atoms with Crippen molar-refractivity contribution < 1.29 is 42.9 Å². The van der Waals surface area contributed by atoms with Gasteiger partial charge in [0, 0.05) is 12.8 Å². The number of ether oxygens (including phenoxy) is 4. The normalized spacial score (nSPS) is 13.1. The largest absolute Gasteiger partial charge is 0.477 e. The van der Waals surface area contributed by atoms with Crippen molar-refractivity contribution in [2.24, 2.45) is 0 Å². The van der Waals surface area contributed by atoms with E-state index in [1.807, 2.05) is 21.1 Å². The predicted octanol–water partition coefficient (Wildman–Crippen LogP) is 24.6. The van der Waals surface area contributed by atoms with Crippen LogP contribution in [0.5, 0.6) is 0 Å². The lowest BCUT2D eigenvalue weighted by atomic mass is 10.0. The van der Waals surface area contributed by atoms with Gasteiger partial charge in [-0.15, -0.1) is 0 Å². The summed E-state index contributed by atoms with van der Waals surface area (Å²) < 4.78 is 23.0. The Bertz CT molecular complexity index is 1770. The Balaban J connectivity index is 3.96. The van der Waals surface area contributed by atoms with Gasteiger partial charge in [-0.05, 0) is 89.9 Å². The zero-order valence-corrected chi connectivity index (χ0v) is 60.5. The molecule has 0 aromatic heterocycles. The number of hydrogen-bond acceptors (Lipinski definition) is 7. The zero-order chi connectivity index (χ0) is 66.1. The number of esters is 2. The molecule has 0 aromatic rings. The maximum Gasteiger partial charge on any atom is 0.361 e. The number of likely N-dealkylation sites (N-methyl/N-ethyl adjacent to an activating group) is 1. The molecule has 0 heterocycles. The van der Waals surface area contributed by atoms with E-state index >= 15 is 0 Å². The number of rotatable bonds is 72. The molecule has 2 unspecified atom stereocenters. The number of nitrogens with zero attached hydrogens (tertiary/aromatic N) is 1. The lowest BCUT2D eigenvalue weighted by Gasteiger charge is -2.25. The van der Waals surface area contributed by atoms with E-state index in [9.17, 15) is 19.5 Å². The topological polar surface area (TPSA) is 108 Å². The van der Waals surface area contributed by atoms with Crippen LogP contribution in [0.4, 0.5) is 0 Å². The van der Waals surface area contributed by atoms with Crippen molar-refractivity contribution in [1.82, 2.24) is 0 Å². The molecular formula is C82H148NO8+. The van der Waals surface area contributed by atoms with Crippen LogP contribution in [0.3, 0.4) is 0 Å². The minimum absolute atomic E-state index is 0.184. The fraction of sp³-hybridized carbons (Fsp3) is 0.793. The molecule has 0 aliphatic rings. The molecule has 0 amide bonds. The van der Waals surface area contributed by atoms with Gasteiger partial charge in [0.15, 0.2) is 6.10 Å². The van der Waals surface area contributed by atoms with E-state index in [4.69, 9.17) is 18.9 Å². The molecule has 2 atom stereocenters. The number of carboxylic acid groups (broad SMARTS) is 1. The summed E-state index contributed by atoms with van der Waals surface area (Å²) in [5, 5.41) is 9.76. The average molecular weight is 1280 g/mol. The van der Waals surface area contributed by atoms with Crippen LogP contribution in [0.15, 0.2) is 85.1 Å². The molecule has 1 N–H and O–H groups in total. The molecule has 0 saturated carbocycles. The van der Waals surface area contributed by atoms with Crippen LogP contribution in [-0.4, -0.2) is 87.4 Å². The molecule has 0 rings (SSSR count). The van der Waals surface area contributed by atoms with Gasteiger partial charge in [-0.1, -0.05) is 343 Å². The van der Waals surface area contributed by atoms with Gasteiger partial charge in [0.05, 0.1) is 34.4 Å². The van der Waals surface area contributed by atoms with Crippen LogP contribution in [0, 0.1) is 0 Å². The zero-order valence-electron chi connectivity index (χ0n) is 60.5. The monoisotopic (exact) mass is 1280 g/mol. The van der Waals surface area contributed by atoms with Gasteiger partial charge in [-0.3, -0.25) is 9.59 Å². The van der Waals surface area contributed by atoms with Crippen LogP contribution in [0.1, 0.15) is 361 Å². The molecule has 0 bridgehead atoms. The van der Waals surface area contributed by atoms with Crippen molar-refractivity contribution in [2.45, 2.75) is 373 Å². The van der Waals surface area contributed by atoms with Crippen molar-refractivity contribution in [2.75, 3.05) is 47.5 Å². The minimum Gasteiger partial charge on any atom is -0.477 e. The Kier molecular flexibility index (Phi) is 69.5. The van der Waals surface area contributed by atoms with Gasteiger partial charge in [-0.2, -0.15) is 0 Å². The molecule has 9 heteroatoms. The van der Waals surface area contributed by atoms with Gasteiger partial charge >= 0.3 is 17.9 Å². The van der Waals surface area contributed by atoms with E-state index in [0.29, 0.717) is 23.9 Å². The summed E-state index contributed by atoms with van der Waals surface area (Å²) in [4.78, 5) is 37.7. The molecule has 0 fully saturated rings. The van der Waals surface area contributed by atoms with E-state index in [1.165, 1.54) is 244 Å². The number of allylic oxidation sites excluding steroid dienone is 14. The third-order valence-electron chi connectivity index (χ3n) is 17.1. The smallest absolute Gasteiger partial charge is 0.361 e. The van der Waals surface area contributed by atoms with Crippen molar-refractivity contribution in [3.8, 4) is 0 Å². The van der Waals surface area contributed by atoms with Gasteiger partial charge < -0.3 is 28.5 Å². The quantitative estimate of drug-likeness (QED) is 0.0211. The highest BCUT2D eigenvalue weighted by Gasteiger charge is 2.25. The Morgan fingerprint density at radius 1 is 0.341 bits per heavy atom. The molecule has 0 aliphatic carbocycles. The Morgan fingerprint density at radius 3 is 0.934 bits per heavy atom. The lowest BCUT2D eigenvalue weighted by molar-refractivity contribution is -0.870. The Hall–Kier alpha value is -3.53. The standard InChI is InChI=1S/C82H147NO8/c1-6-8-10-12-14-16-18-20-22-24-26-28-30-32-33-34-35-36-37-38-39-40-41-42-43-44-45-46-47-49-50-52-54-56-58-60-62-64-66-68-70-72-79(84)89-76-78(77-90-82(81(86)87)88-75-74-83(3,4)5)91-80(85)73-71-69-67-65-63-61-59-57-55-53-51-48-31-29-27-25-23-21-19-17-15-13-11-9-7-2/h9,11,15,17-18,20-21,23-24,26-27,29,48,51,78,82H,6-8,10,12-14,16,19,22,25,28,30-47,49-50,52-77H2,1-5H3/p+1/b11-9-,17-15-,20-18-,23-21-,26-24-,29-27-,51-48-. The average Bonchev–Trinajstić information content (AvgIpc) is 3.46. The first kappa shape index (κ1) is 87.5. The summed E-state index contributed by atoms with van der Waals surface area (Å²) in [6.45, 7) is 4.79. The van der Waals surface area contributed by atoms with E-state index in [0.717, 1.165) is 83.5 Å². The Labute approximate surface area is 563 Å². The van der Waals surface area contributed by atoms with E-state index in [1.54, 1.807) is 0 Å². The molecule has 528 valence electrons. The predicted molar refractivity (Wildman–Crippen MR) is 392 cm³/mol. The first-order valence-corrected chi connectivity index (χ1v) is 38.8. The number of unbranched alkanes of at least 4 members (excludes halogenated alkanes) is 43. The van der Waals surface area contributed by atoms with E-state index in [2.05, 4.69) is 98.9 Å². The van der Waals surface area contributed by atoms with Crippen LogP contribution < -0.4 is 0 Å². The van der Waals surface area contributed by atoms with Gasteiger partial charge in [0.1, 0.15) is 13.2 Å². The van der Waals surface area contributed by atoms with Gasteiger partial charge in [0.25, 0.3) is 6.29 Å². The van der Waals surface area contributed by atoms with Gasteiger partial charge in [0.2, 0.25) is 0 Å². The number of hydrogen-bond donors (Lipinski definition) is 1. The third-order valence-corrected chi connectivity index (χ3v) is 17.1.